The maximum absolute atomic E-state index is 13.1. The van der Waals surface area contributed by atoms with Crippen molar-refractivity contribution in [3.8, 4) is 0 Å². The Bertz CT molecular complexity index is 1310. The van der Waals surface area contributed by atoms with Crippen LogP contribution in [0.5, 0.6) is 0 Å². The lowest BCUT2D eigenvalue weighted by Gasteiger charge is -2.26. The van der Waals surface area contributed by atoms with Crippen molar-refractivity contribution in [1.82, 2.24) is 30.2 Å². The maximum atomic E-state index is 13.1. The molecule has 4 heterocycles. The number of nitrogens with zero attached hydrogens (tertiary/aromatic N) is 5. The molecule has 0 bridgehead atoms. The van der Waals surface area contributed by atoms with Crippen LogP contribution in [-0.4, -0.2) is 69.3 Å². The van der Waals surface area contributed by atoms with E-state index in [0.29, 0.717) is 16.8 Å². The molecule has 0 spiro atoms. The molecular formula is C25H27ClF3N7O2S. The van der Waals surface area contributed by atoms with Crippen LogP contribution in [0, 0.1) is 0 Å². The Morgan fingerprint density at radius 3 is 2.67 bits per heavy atom. The molecule has 0 saturated carbocycles. The molecule has 0 aliphatic carbocycles. The van der Waals surface area contributed by atoms with Crippen molar-refractivity contribution in [2.24, 2.45) is 0 Å². The second-order valence-corrected chi connectivity index (χ2v) is 10.7. The number of carbonyl (C=O) groups excluding carboxylic acids is 2. The summed E-state index contributed by atoms with van der Waals surface area (Å²) in [7, 11) is 0. The van der Waals surface area contributed by atoms with E-state index in [9.17, 15) is 22.8 Å². The summed E-state index contributed by atoms with van der Waals surface area (Å²) in [4.78, 5) is 44.5. The number of thiazole rings is 1. The Hall–Kier alpha value is -3.00. The van der Waals surface area contributed by atoms with E-state index >= 15 is 0 Å². The van der Waals surface area contributed by atoms with Crippen LogP contribution < -0.4 is 10.6 Å². The fourth-order valence-electron chi connectivity index (χ4n) is 4.10. The molecule has 3 aromatic heterocycles. The van der Waals surface area contributed by atoms with E-state index in [1.807, 2.05) is 6.92 Å². The molecule has 1 aliphatic rings. The summed E-state index contributed by atoms with van der Waals surface area (Å²) >= 11 is 6.63. The van der Waals surface area contributed by atoms with E-state index in [0.717, 1.165) is 68.8 Å². The number of hydrogen-bond acceptors (Lipinski definition) is 9. The molecule has 14 heteroatoms. The van der Waals surface area contributed by atoms with Crippen LogP contribution in [0.2, 0.25) is 5.02 Å². The number of ketones is 1. The minimum Gasteiger partial charge on any atom is -0.314 e. The lowest BCUT2D eigenvalue weighted by molar-refractivity contribution is -0.137. The minimum atomic E-state index is -4.69. The van der Waals surface area contributed by atoms with Gasteiger partial charge in [-0.1, -0.05) is 18.5 Å². The third-order valence-electron chi connectivity index (χ3n) is 6.19. The van der Waals surface area contributed by atoms with Crippen molar-refractivity contribution in [3.63, 3.8) is 0 Å². The highest BCUT2D eigenvalue weighted by atomic mass is 35.5. The molecule has 9 nitrogen and oxygen atoms in total. The number of amides is 1. The first-order valence-corrected chi connectivity index (χ1v) is 13.6. The summed E-state index contributed by atoms with van der Waals surface area (Å²) in [5.41, 5.74) is 0.0469. The van der Waals surface area contributed by atoms with Gasteiger partial charge in [-0.3, -0.25) is 9.59 Å². The number of Topliss-reactive ketones (excluding diaryl/α,β-unsaturated/α-hetero) is 1. The highest BCUT2D eigenvalue weighted by molar-refractivity contribution is 7.13. The summed E-state index contributed by atoms with van der Waals surface area (Å²) < 4.78 is 39.3. The number of pyridine rings is 1. The Balaban J connectivity index is 1.32. The SMILES string of the molecule is CC(CC(=O)c1cc(CCCN2CCNCC2)ncn1)c1ncc(C(=O)Nc2cc(C(F)(F)F)c(Cl)cn2)s1. The largest absolute Gasteiger partial charge is 0.418 e. The predicted octanol–water partition coefficient (Wildman–Crippen LogP) is 4.47. The number of carbonyl (C=O) groups is 2. The number of halogens is 4. The van der Waals surface area contributed by atoms with Crippen LogP contribution >= 0.6 is 22.9 Å². The topological polar surface area (TPSA) is 113 Å². The van der Waals surface area contributed by atoms with Crippen LogP contribution in [0.15, 0.2) is 30.9 Å². The van der Waals surface area contributed by atoms with Crippen LogP contribution in [0.1, 0.15) is 62.1 Å². The number of aromatic nitrogens is 4. The number of piperazine rings is 1. The summed E-state index contributed by atoms with van der Waals surface area (Å²) in [5.74, 6) is -1.43. The molecular weight excluding hydrogens is 555 g/mol. The first-order chi connectivity index (χ1) is 18.6. The van der Waals surface area contributed by atoms with Gasteiger partial charge in [0.15, 0.2) is 5.78 Å². The molecule has 0 aromatic carbocycles. The van der Waals surface area contributed by atoms with Gasteiger partial charge in [0.1, 0.15) is 22.7 Å². The first-order valence-electron chi connectivity index (χ1n) is 12.4. The van der Waals surface area contributed by atoms with Gasteiger partial charge in [-0.05, 0) is 31.5 Å². The van der Waals surface area contributed by atoms with E-state index in [1.54, 1.807) is 6.07 Å². The van der Waals surface area contributed by atoms with Crippen LogP contribution in [-0.2, 0) is 12.6 Å². The third-order valence-corrected chi connectivity index (χ3v) is 7.72. The van der Waals surface area contributed by atoms with Crippen LogP contribution in [0.3, 0.4) is 0 Å². The van der Waals surface area contributed by atoms with Crippen molar-refractivity contribution in [1.29, 1.82) is 0 Å². The van der Waals surface area contributed by atoms with Crippen molar-refractivity contribution in [2.75, 3.05) is 38.0 Å². The van der Waals surface area contributed by atoms with Gasteiger partial charge in [0.2, 0.25) is 0 Å². The van der Waals surface area contributed by atoms with Crippen LogP contribution in [0.4, 0.5) is 19.0 Å². The molecule has 1 amide bonds. The van der Waals surface area contributed by atoms with Gasteiger partial charge in [-0.25, -0.2) is 19.9 Å². The molecule has 4 rings (SSSR count). The quantitative estimate of drug-likeness (QED) is 0.337. The second kappa shape index (κ2) is 12.9. The number of aryl methyl sites for hydroxylation is 1. The molecule has 3 aromatic rings. The van der Waals surface area contributed by atoms with Gasteiger partial charge < -0.3 is 15.5 Å². The smallest absolute Gasteiger partial charge is 0.314 e. The van der Waals surface area contributed by atoms with Crippen molar-refractivity contribution >= 4 is 40.4 Å². The normalized spacial score (nSPS) is 15.2. The second-order valence-electron chi connectivity index (χ2n) is 9.18. The monoisotopic (exact) mass is 581 g/mol. The maximum Gasteiger partial charge on any atom is 0.418 e. The number of hydrogen-bond donors (Lipinski definition) is 2. The Morgan fingerprint density at radius 1 is 1.15 bits per heavy atom. The summed E-state index contributed by atoms with van der Waals surface area (Å²) in [6.45, 7) is 6.84. The number of rotatable bonds is 10. The molecule has 1 fully saturated rings. The van der Waals surface area contributed by atoms with Gasteiger partial charge >= 0.3 is 6.18 Å². The van der Waals surface area contributed by atoms with Gasteiger partial charge in [-0.2, -0.15) is 13.2 Å². The van der Waals surface area contributed by atoms with Gasteiger partial charge in [0, 0.05) is 50.4 Å². The zero-order valence-corrected chi connectivity index (χ0v) is 22.7. The third kappa shape index (κ3) is 8.01. The molecule has 1 aliphatic heterocycles. The van der Waals surface area contributed by atoms with Crippen molar-refractivity contribution in [2.45, 2.75) is 38.3 Å². The molecule has 0 radical (unpaired) electrons. The fourth-order valence-corrected chi connectivity index (χ4v) is 5.17. The van der Waals surface area contributed by atoms with Crippen LogP contribution in [0.25, 0.3) is 0 Å². The van der Waals surface area contributed by atoms with Gasteiger partial charge in [-0.15, -0.1) is 11.3 Å². The van der Waals surface area contributed by atoms with Gasteiger partial charge in [0.05, 0.1) is 21.8 Å². The summed E-state index contributed by atoms with van der Waals surface area (Å²) in [5, 5.41) is 5.64. The molecule has 2 N–H and O–H groups in total. The first kappa shape index (κ1) is 29.0. The van der Waals surface area contributed by atoms with Gasteiger partial charge in [0.25, 0.3) is 5.91 Å². The minimum absolute atomic E-state index is 0.124. The van der Waals surface area contributed by atoms with E-state index < -0.39 is 22.7 Å². The average molecular weight is 582 g/mol. The Morgan fingerprint density at radius 2 is 1.92 bits per heavy atom. The number of alkyl halides is 3. The Kier molecular flexibility index (Phi) is 9.59. The average Bonchev–Trinajstić information content (AvgIpc) is 3.41. The van der Waals surface area contributed by atoms with E-state index in [4.69, 9.17) is 11.6 Å². The molecule has 1 unspecified atom stereocenters. The summed E-state index contributed by atoms with van der Waals surface area (Å²) in [6, 6.07) is 2.40. The molecule has 1 atom stereocenters. The van der Waals surface area contributed by atoms with E-state index in [-0.39, 0.29) is 28.8 Å². The lowest BCUT2D eigenvalue weighted by atomic mass is 10.0. The standard InChI is InChI=1S/C25H27ClF3N7O2S/c1-15(9-20(37)19-10-16(33-14-34-19)3-2-6-36-7-4-30-5-8-36)24-32-13-21(39-24)23(38)35-22-11-17(25(27,28)29)18(26)12-31-22/h10-15,30H,2-9H2,1H3,(H,31,35,38). The zero-order valence-electron chi connectivity index (χ0n) is 21.1. The summed E-state index contributed by atoms with van der Waals surface area (Å²) in [6.07, 6.45) is 0.677. The highest BCUT2D eigenvalue weighted by Gasteiger charge is 2.34. The molecule has 39 heavy (non-hydrogen) atoms. The highest BCUT2D eigenvalue weighted by Crippen LogP contribution is 2.35. The van der Waals surface area contributed by atoms with E-state index in [1.165, 1.54) is 12.5 Å². The lowest BCUT2D eigenvalue weighted by Crippen LogP contribution is -2.43. The van der Waals surface area contributed by atoms with Crippen molar-refractivity contribution < 1.29 is 22.8 Å². The fraction of sp³-hybridized carbons (Fsp3) is 0.440. The zero-order chi connectivity index (χ0) is 28.0. The number of nitrogens with one attached hydrogen (secondary N) is 2. The predicted molar refractivity (Wildman–Crippen MR) is 141 cm³/mol. The number of anilines is 1. The van der Waals surface area contributed by atoms with E-state index in [2.05, 4.69) is 35.5 Å². The Labute approximate surface area is 232 Å². The van der Waals surface area contributed by atoms with Crippen molar-refractivity contribution in [3.05, 3.63) is 62.7 Å². The molecule has 208 valence electrons. The molecule has 1 saturated heterocycles.